The number of nitrogens with zero attached hydrogens (tertiary/aromatic N) is 4. The maximum absolute atomic E-state index is 14.8. The Balaban J connectivity index is 0.967. The SMILES string of the molecule is Cc1nc(Nc2ccc(C(=O)NC3CC3)cc2F)ccc1CN1CCC(N2C(=O)N(C3CCOCC3)C[C@H]2c2ccccc2)CC1. The Hall–Kier alpha value is -4.02. The third-order valence-corrected chi connectivity index (χ3v) is 9.93. The summed E-state index contributed by atoms with van der Waals surface area (Å²) in [5, 5.41) is 5.96. The zero-order valence-electron chi connectivity index (χ0n) is 26.5. The van der Waals surface area contributed by atoms with Crippen LogP contribution >= 0.6 is 0 Å². The number of likely N-dealkylation sites (tertiary alicyclic amines) is 1. The molecule has 3 amide bonds. The summed E-state index contributed by atoms with van der Waals surface area (Å²) in [6.45, 7) is 6.74. The molecule has 242 valence electrons. The van der Waals surface area contributed by atoms with Gasteiger partial charge in [0.1, 0.15) is 11.6 Å². The fraction of sp³-hybridized carbons (Fsp3) is 0.472. The van der Waals surface area contributed by atoms with Crippen molar-refractivity contribution in [2.75, 3.05) is 38.2 Å². The number of hydrogen-bond donors (Lipinski definition) is 2. The molecule has 46 heavy (non-hydrogen) atoms. The van der Waals surface area contributed by atoms with Crippen molar-refractivity contribution in [1.29, 1.82) is 0 Å². The minimum Gasteiger partial charge on any atom is -0.381 e. The molecule has 10 heteroatoms. The molecule has 7 rings (SSSR count). The van der Waals surface area contributed by atoms with E-state index in [1.54, 1.807) is 12.1 Å². The molecule has 4 heterocycles. The van der Waals surface area contributed by atoms with Gasteiger partial charge in [-0.1, -0.05) is 36.4 Å². The summed E-state index contributed by atoms with van der Waals surface area (Å²) in [5.74, 6) is -0.172. The number of aromatic nitrogens is 1. The lowest BCUT2D eigenvalue weighted by molar-refractivity contribution is 0.0493. The van der Waals surface area contributed by atoms with Gasteiger partial charge in [-0.05, 0) is 80.8 Å². The van der Waals surface area contributed by atoms with E-state index in [4.69, 9.17) is 9.72 Å². The summed E-state index contributed by atoms with van der Waals surface area (Å²) in [6.07, 6.45) is 5.63. The summed E-state index contributed by atoms with van der Waals surface area (Å²) in [7, 11) is 0. The predicted molar refractivity (Wildman–Crippen MR) is 174 cm³/mol. The largest absolute Gasteiger partial charge is 0.381 e. The van der Waals surface area contributed by atoms with Crippen LogP contribution in [0.4, 0.5) is 20.7 Å². The number of aryl methyl sites for hydroxylation is 1. The molecular weight excluding hydrogens is 583 g/mol. The van der Waals surface area contributed by atoms with E-state index < -0.39 is 5.82 Å². The van der Waals surface area contributed by atoms with Crippen LogP contribution in [0.5, 0.6) is 0 Å². The van der Waals surface area contributed by atoms with Crippen LogP contribution in [0.1, 0.15) is 71.7 Å². The van der Waals surface area contributed by atoms with Crippen molar-refractivity contribution in [3.05, 3.63) is 88.9 Å². The minimum atomic E-state index is -0.489. The lowest BCUT2D eigenvalue weighted by Gasteiger charge is -2.39. The molecule has 3 aliphatic heterocycles. The second-order valence-electron chi connectivity index (χ2n) is 13.1. The third kappa shape index (κ3) is 6.73. The molecule has 0 unspecified atom stereocenters. The van der Waals surface area contributed by atoms with Crippen molar-refractivity contribution in [3.63, 3.8) is 0 Å². The highest BCUT2D eigenvalue weighted by Crippen LogP contribution is 2.37. The van der Waals surface area contributed by atoms with Crippen LogP contribution in [0.25, 0.3) is 0 Å². The van der Waals surface area contributed by atoms with Crippen molar-refractivity contribution in [1.82, 2.24) is 25.0 Å². The number of anilines is 2. The Morgan fingerprint density at radius 1 is 0.957 bits per heavy atom. The predicted octanol–water partition coefficient (Wildman–Crippen LogP) is 5.79. The average molecular weight is 627 g/mol. The number of pyridine rings is 1. The van der Waals surface area contributed by atoms with Gasteiger partial charge in [0.25, 0.3) is 5.91 Å². The van der Waals surface area contributed by atoms with Gasteiger partial charge in [0, 0.05) is 68.8 Å². The fourth-order valence-electron chi connectivity index (χ4n) is 7.10. The first-order valence-corrected chi connectivity index (χ1v) is 16.7. The number of urea groups is 1. The molecule has 1 atom stereocenters. The first kappa shape index (κ1) is 30.6. The zero-order chi connectivity index (χ0) is 31.6. The van der Waals surface area contributed by atoms with E-state index in [2.05, 4.69) is 49.6 Å². The number of carbonyl (C=O) groups excluding carboxylic acids is 2. The number of hydrogen-bond acceptors (Lipinski definition) is 6. The lowest BCUT2D eigenvalue weighted by Crippen LogP contribution is -2.48. The van der Waals surface area contributed by atoms with E-state index in [9.17, 15) is 14.0 Å². The number of benzene rings is 2. The monoisotopic (exact) mass is 626 g/mol. The first-order chi connectivity index (χ1) is 22.4. The molecule has 0 bridgehead atoms. The number of halogens is 1. The van der Waals surface area contributed by atoms with Crippen LogP contribution in [-0.2, 0) is 11.3 Å². The van der Waals surface area contributed by atoms with Gasteiger partial charge in [0.05, 0.1) is 11.7 Å². The molecule has 4 aliphatic rings. The van der Waals surface area contributed by atoms with Crippen molar-refractivity contribution < 1.29 is 18.7 Å². The van der Waals surface area contributed by atoms with Crippen molar-refractivity contribution in [3.8, 4) is 0 Å². The van der Waals surface area contributed by atoms with E-state index in [1.807, 2.05) is 25.1 Å². The second kappa shape index (κ2) is 13.4. The first-order valence-electron chi connectivity index (χ1n) is 16.7. The van der Waals surface area contributed by atoms with Crippen molar-refractivity contribution >= 4 is 23.4 Å². The van der Waals surface area contributed by atoms with E-state index in [-0.39, 0.29) is 41.8 Å². The highest BCUT2D eigenvalue weighted by atomic mass is 19.1. The van der Waals surface area contributed by atoms with Crippen LogP contribution in [0, 0.1) is 12.7 Å². The summed E-state index contributed by atoms with van der Waals surface area (Å²) < 4.78 is 20.4. The van der Waals surface area contributed by atoms with Crippen molar-refractivity contribution in [2.24, 2.45) is 0 Å². The number of nitrogens with one attached hydrogen (secondary N) is 2. The van der Waals surface area contributed by atoms with Gasteiger partial charge in [-0.15, -0.1) is 0 Å². The zero-order valence-corrected chi connectivity index (χ0v) is 26.5. The molecule has 4 fully saturated rings. The van der Waals surface area contributed by atoms with Gasteiger partial charge < -0.3 is 25.2 Å². The molecule has 0 radical (unpaired) electrons. The number of amides is 3. The standard InChI is InChI=1S/C36H43FN6O3/c1-24-27(8-12-34(38-24)40-32-11-7-26(21-31(32)37)35(44)39-28-9-10-28)22-41-17-13-30(14-18-41)43-33(25-5-3-2-4-6-25)23-42(36(43)45)29-15-19-46-20-16-29/h2-8,11-12,21,28-30,33H,9-10,13-20,22-23H2,1H3,(H,38,40)(H,39,44)/t33-/m0/s1. The molecule has 2 N–H and O–H groups in total. The molecule has 0 spiro atoms. The Morgan fingerprint density at radius 2 is 1.72 bits per heavy atom. The molecule has 1 aromatic heterocycles. The second-order valence-corrected chi connectivity index (χ2v) is 13.1. The van der Waals surface area contributed by atoms with Gasteiger partial charge in [0.15, 0.2) is 0 Å². The Labute approximate surface area is 270 Å². The summed E-state index contributed by atoms with van der Waals surface area (Å²) >= 11 is 0. The molecule has 2 aromatic carbocycles. The van der Waals surface area contributed by atoms with Crippen LogP contribution < -0.4 is 10.6 Å². The van der Waals surface area contributed by atoms with Gasteiger partial charge in [0.2, 0.25) is 0 Å². The maximum atomic E-state index is 14.8. The smallest absolute Gasteiger partial charge is 0.321 e. The topological polar surface area (TPSA) is 90.0 Å². The fourth-order valence-corrected chi connectivity index (χ4v) is 7.10. The average Bonchev–Trinajstić information content (AvgIpc) is 3.83. The molecule has 9 nitrogen and oxygen atoms in total. The minimum absolute atomic E-state index is 0.0699. The molecular formula is C36H43FN6O3. The highest BCUT2D eigenvalue weighted by Gasteiger charge is 2.45. The number of ether oxygens (including phenoxy) is 1. The number of rotatable bonds is 9. The summed E-state index contributed by atoms with van der Waals surface area (Å²) in [4.78, 5) is 37.6. The molecule has 1 saturated carbocycles. The van der Waals surface area contributed by atoms with Gasteiger partial charge in [-0.25, -0.2) is 14.2 Å². The molecule has 3 aromatic rings. The number of piperidine rings is 1. The van der Waals surface area contributed by atoms with Crippen LogP contribution in [0.3, 0.4) is 0 Å². The van der Waals surface area contributed by atoms with Crippen LogP contribution in [0.2, 0.25) is 0 Å². The summed E-state index contributed by atoms with van der Waals surface area (Å²) in [6, 6.07) is 19.8. The molecule has 3 saturated heterocycles. The lowest BCUT2D eigenvalue weighted by atomic mass is 9.98. The third-order valence-electron chi connectivity index (χ3n) is 9.93. The normalized spacial score (nSPS) is 21.5. The Kier molecular flexibility index (Phi) is 8.90. The Bertz CT molecular complexity index is 1550. The van der Waals surface area contributed by atoms with Gasteiger partial charge >= 0.3 is 6.03 Å². The van der Waals surface area contributed by atoms with Crippen molar-refractivity contribution in [2.45, 2.75) is 76.2 Å². The van der Waals surface area contributed by atoms with Crippen LogP contribution in [-0.4, -0.2) is 82.6 Å². The Morgan fingerprint density at radius 3 is 2.41 bits per heavy atom. The van der Waals surface area contributed by atoms with E-state index in [0.29, 0.717) is 11.4 Å². The highest BCUT2D eigenvalue weighted by molar-refractivity contribution is 5.95. The van der Waals surface area contributed by atoms with E-state index >= 15 is 0 Å². The maximum Gasteiger partial charge on any atom is 0.321 e. The number of carbonyl (C=O) groups is 2. The van der Waals surface area contributed by atoms with E-state index in [1.165, 1.54) is 11.6 Å². The van der Waals surface area contributed by atoms with Crippen LogP contribution in [0.15, 0.2) is 60.7 Å². The van der Waals surface area contributed by atoms with Gasteiger partial charge in [-0.3, -0.25) is 9.69 Å². The molecule has 1 aliphatic carbocycles. The van der Waals surface area contributed by atoms with Gasteiger partial charge in [-0.2, -0.15) is 0 Å². The van der Waals surface area contributed by atoms with E-state index in [0.717, 1.165) is 89.2 Å². The quantitative estimate of drug-likeness (QED) is 0.313. The summed E-state index contributed by atoms with van der Waals surface area (Å²) in [5.41, 5.74) is 3.82.